The average molecular weight is 212 g/mol. The molecule has 0 radical (unpaired) electrons. The lowest BCUT2D eigenvalue weighted by atomic mass is 9.95. The second-order valence-electron chi connectivity index (χ2n) is 3.56. The van der Waals surface area contributed by atoms with Gasteiger partial charge in [0.2, 0.25) is 0 Å². The number of aliphatic hydroxyl groups excluding tert-OH is 2. The third-order valence-corrected chi connectivity index (χ3v) is 2.40. The van der Waals surface area contributed by atoms with Crippen LogP contribution in [0.1, 0.15) is 13.8 Å². The number of cyclic esters (lactones) is 1. The molecule has 0 aromatic heterocycles. The molecule has 1 heterocycles. The fraction of sp³-hybridized carbons (Fsp3) is 0.545. The highest BCUT2D eigenvalue weighted by Gasteiger charge is 2.44. The second kappa shape index (κ2) is 5.09. The van der Waals surface area contributed by atoms with Gasteiger partial charge in [0.05, 0.1) is 6.10 Å². The van der Waals surface area contributed by atoms with Crippen LogP contribution in [0, 0.1) is 5.92 Å². The molecule has 0 spiro atoms. The highest BCUT2D eigenvalue weighted by atomic mass is 16.6. The van der Waals surface area contributed by atoms with E-state index < -0.39 is 30.2 Å². The topological polar surface area (TPSA) is 66.8 Å². The van der Waals surface area contributed by atoms with Crippen LogP contribution in [0.3, 0.4) is 0 Å². The van der Waals surface area contributed by atoms with Crippen molar-refractivity contribution in [2.24, 2.45) is 5.92 Å². The minimum atomic E-state index is -1.01. The first-order valence-corrected chi connectivity index (χ1v) is 4.94. The van der Waals surface area contributed by atoms with Crippen LogP contribution in [-0.4, -0.2) is 34.5 Å². The molecule has 4 nitrogen and oxygen atoms in total. The number of carbonyl (C=O) groups is 1. The third kappa shape index (κ3) is 2.67. The Labute approximate surface area is 88.9 Å². The van der Waals surface area contributed by atoms with Gasteiger partial charge in [0.15, 0.2) is 0 Å². The Morgan fingerprint density at radius 2 is 2.13 bits per heavy atom. The zero-order valence-electron chi connectivity index (χ0n) is 8.83. The van der Waals surface area contributed by atoms with Gasteiger partial charge in [-0.3, -0.25) is 4.79 Å². The van der Waals surface area contributed by atoms with Gasteiger partial charge in [-0.15, -0.1) is 0 Å². The largest absolute Gasteiger partial charge is 0.460 e. The summed E-state index contributed by atoms with van der Waals surface area (Å²) in [4.78, 5) is 11.3. The van der Waals surface area contributed by atoms with Gasteiger partial charge in [-0.05, 0) is 13.8 Å². The number of aliphatic hydroxyl groups is 2. The van der Waals surface area contributed by atoms with Gasteiger partial charge in [0.1, 0.15) is 18.1 Å². The maximum absolute atomic E-state index is 11.3. The molecule has 1 aliphatic heterocycles. The summed E-state index contributed by atoms with van der Waals surface area (Å²) in [5, 5.41) is 19.2. The molecule has 2 N–H and O–H groups in total. The van der Waals surface area contributed by atoms with Gasteiger partial charge in [-0.2, -0.15) is 0 Å². The van der Waals surface area contributed by atoms with Crippen molar-refractivity contribution in [3.63, 3.8) is 0 Å². The van der Waals surface area contributed by atoms with Crippen LogP contribution >= 0.6 is 0 Å². The Bertz CT molecular complexity index is 282. The molecule has 1 aliphatic rings. The highest BCUT2D eigenvalue weighted by Crippen LogP contribution is 2.25. The maximum Gasteiger partial charge on any atom is 0.315 e. The molecule has 1 fully saturated rings. The first kappa shape index (κ1) is 11.9. The number of ether oxygens (including phenoxy) is 1. The first-order valence-electron chi connectivity index (χ1n) is 4.94. The molecule has 4 heteroatoms. The van der Waals surface area contributed by atoms with E-state index in [0.29, 0.717) is 0 Å². The quantitative estimate of drug-likeness (QED) is 0.525. The fourth-order valence-electron chi connectivity index (χ4n) is 1.51. The molecule has 4 atom stereocenters. The van der Waals surface area contributed by atoms with E-state index in [-0.39, 0.29) is 0 Å². The van der Waals surface area contributed by atoms with Crippen molar-refractivity contribution in [3.05, 3.63) is 24.3 Å². The minimum absolute atomic E-state index is 0.548. The summed E-state index contributed by atoms with van der Waals surface area (Å²) in [5.74, 6) is -1.42. The molecular formula is C11H16O4. The van der Waals surface area contributed by atoms with Crippen LogP contribution in [0.25, 0.3) is 0 Å². The SMILES string of the molecule is C/C=C/C=C/[C@@H](O)[C@@H]1C(=O)O[C@@H](C)[C@H]1O. The lowest BCUT2D eigenvalue weighted by Crippen LogP contribution is -2.33. The zero-order chi connectivity index (χ0) is 11.4. The summed E-state index contributed by atoms with van der Waals surface area (Å²) in [6, 6.07) is 0. The Balaban J connectivity index is 2.66. The first-order chi connectivity index (χ1) is 7.07. The van der Waals surface area contributed by atoms with E-state index in [4.69, 9.17) is 4.74 Å². The van der Waals surface area contributed by atoms with Crippen molar-refractivity contribution in [1.82, 2.24) is 0 Å². The average Bonchev–Trinajstić information content (AvgIpc) is 2.41. The Morgan fingerprint density at radius 3 is 2.60 bits per heavy atom. The van der Waals surface area contributed by atoms with E-state index in [1.165, 1.54) is 6.08 Å². The number of allylic oxidation sites excluding steroid dienone is 3. The summed E-state index contributed by atoms with van der Waals surface area (Å²) in [5.41, 5.74) is 0. The van der Waals surface area contributed by atoms with Gasteiger partial charge >= 0.3 is 5.97 Å². The van der Waals surface area contributed by atoms with Crippen LogP contribution in [-0.2, 0) is 9.53 Å². The number of rotatable bonds is 3. The predicted molar refractivity (Wildman–Crippen MR) is 55.0 cm³/mol. The van der Waals surface area contributed by atoms with Crippen molar-refractivity contribution >= 4 is 5.97 Å². The number of hydrogen-bond donors (Lipinski definition) is 2. The van der Waals surface area contributed by atoms with Crippen molar-refractivity contribution in [1.29, 1.82) is 0 Å². The van der Waals surface area contributed by atoms with E-state index in [2.05, 4.69) is 0 Å². The Kier molecular flexibility index (Phi) is 4.05. The van der Waals surface area contributed by atoms with Crippen LogP contribution in [0.2, 0.25) is 0 Å². The van der Waals surface area contributed by atoms with E-state index in [9.17, 15) is 15.0 Å². The number of hydrogen-bond acceptors (Lipinski definition) is 4. The molecule has 0 aromatic carbocycles. The molecule has 1 saturated heterocycles. The fourth-order valence-corrected chi connectivity index (χ4v) is 1.51. The molecule has 0 amide bonds. The number of carbonyl (C=O) groups excluding carboxylic acids is 1. The summed E-state index contributed by atoms with van der Waals surface area (Å²) in [6.45, 7) is 3.45. The Morgan fingerprint density at radius 1 is 1.47 bits per heavy atom. The zero-order valence-corrected chi connectivity index (χ0v) is 8.83. The summed E-state index contributed by atoms with van der Waals surface area (Å²) >= 11 is 0. The van der Waals surface area contributed by atoms with Crippen LogP contribution in [0.15, 0.2) is 24.3 Å². The molecule has 84 valence electrons. The van der Waals surface area contributed by atoms with Crippen molar-refractivity contribution in [3.8, 4) is 0 Å². The molecule has 0 unspecified atom stereocenters. The van der Waals surface area contributed by atoms with Crippen LogP contribution < -0.4 is 0 Å². The predicted octanol–water partition coefficient (Wildman–Crippen LogP) is 0.402. The van der Waals surface area contributed by atoms with E-state index in [1.54, 1.807) is 25.2 Å². The van der Waals surface area contributed by atoms with Gasteiger partial charge in [0, 0.05) is 0 Å². The monoisotopic (exact) mass is 212 g/mol. The maximum atomic E-state index is 11.3. The molecule has 0 aromatic rings. The van der Waals surface area contributed by atoms with Crippen molar-refractivity contribution in [2.45, 2.75) is 32.2 Å². The summed E-state index contributed by atoms with van der Waals surface area (Å²) in [7, 11) is 0. The number of esters is 1. The third-order valence-electron chi connectivity index (χ3n) is 2.40. The van der Waals surface area contributed by atoms with Crippen molar-refractivity contribution < 1.29 is 19.7 Å². The van der Waals surface area contributed by atoms with Gasteiger partial charge in [0.25, 0.3) is 0 Å². The highest BCUT2D eigenvalue weighted by molar-refractivity contribution is 5.76. The van der Waals surface area contributed by atoms with Crippen molar-refractivity contribution in [2.75, 3.05) is 0 Å². The van der Waals surface area contributed by atoms with Gasteiger partial charge in [-0.25, -0.2) is 0 Å². The molecule has 0 aliphatic carbocycles. The minimum Gasteiger partial charge on any atom is -0.460 e. The molecule has 1 rings (SSSR count). The van der Waals surface area contributed by atoms with E-state index in [0.717, 1.165) is 0 Å². The second-order valence-corrected chi connectivity index (χ2v) is 3.56. The lowest BCUT2D eigenvalue weighted by Gasteiger charge is -2.14. The van der Waals surface area contributed by atoms with E-state index >= 15 is 0 Å². The summed E-state index contributed by atoms with van der Waals surface area (Å²) < 4.78 is 4.81. The molecule has 15 heavy (non-hydrogen) atoms. The molecular weight excluding hydrogens is 196 g/mol. The lowest BCUT2D eigenvalue weighted by molar-refractivity contribution is -0.145. The summed E-state index contributed by atoms with van der Waals surface area (Å²) in [6.07, 6.45) is 4.14. The normalized spacial score (nSPS) is 33.9. The molecule has 0 bridgehead atoms. The van der Waals surface area contributed by atoms with E-state index in [1.807, 2.05) is 6.92 Å². The van der Waals surface area contributed by atoms with Gasteiger partial charge < -0.3 is 14.9 Å². The van der Waals surface area contributed by atoms with Crippen LogP contribution in [0.4, 0.5) is 0 Å². The van der Waals surface area contributed by atoms with Crippen LogP contribution in [0.5, 0.6) is 0 Å². The smallest absolute Gasteiger partial charge is 0.315 e. The standard InChI is InChI=1S/C11H16O4/c1-3-4-5-6-8(12)9-10(13)7(2)15-11(9)14/h3-10,12-13H,1-2H3/b4-3+,6-5+/t7-,8+,9-,10+/m0/s1. The molecule has 0 saturated carbocycles. The van der Waals surface area contributed by atoms with Gasteiger partial charge in [-0.1, -0.05) is 24.3 Å². The Hall–Kier alpha value is -1.13.